The van der Waals surface area contributed by atoms with Gasteiger partial charge in [-0.25, -0.2) is 0 Å². The Hall–Kier alpha value is -1.31. The molecule has 2 nitrogen and oxygen atoms in total. The van der Waals surface area contributed by atoms with Crippen LogP contribution in [0.15, 0.2) is 37.0 Å². The fraction of sp³-hybridized carbons (Fsp3) is 0.222. The van der Waals surface area contributed by atoms with Gasteiger partial charge in [0.2, 0.25) is 5.91 Å². The van der Waals surface area contributed by atoms with Gasteiger partial charge in [0.05, 0.1) is 0 Å². The van der Waals surface area contributed by atoms with Crippen LogP contribution in [-0.4, -0.2) is 5.91 Å². The molecule has 0 bridgehead atoms. The Kier molecular flexibility index (Phi) is 12.9. The average Bonchev–Trinajstić information content (AvgIpc) is 1.88. The number of carbonyl (C=O) groups is 1. The van der Waals surface area contributed by atoms with Gasteiger partial charge >= 0.3 is 0 Å². The van der Waals surface area contributed by atoms with E-state index < -0.39 is 0 Å². The number of rotatable bonds is 2. The van der Waals surface area contributed by atoms with E-state index in [1.807, 2.05) is 31.2 Å². The Bertz CT molecular complexity index is 153. The van der Waals surface area contributed by atoms with Gasteiger partial charge in [-0.2, -0.15) is 0 Å². The highest BCUT2D eigenvalue weighted by Crippen LogP contribution is 1.74. The number of allylic oxidation sites excluding steroid dienone is 5. The molecule has 0 aliphatic heterocycles. The fourth-order valence-corrected chi connectivity index (χ4v) is 0.254. The lowest BCUT2D eigenvalue weighted by Crippen LogP contribution is -2.01. The fourth-order valence-electron chi connectivity index (χ4n) is 0.254. The summed E-state index contributed by atoms with van der Waals surface area (Å²) in [5.74, 6) is -0.333. The van der Waals surface area contributed by atoms with Crippen molar-refractivity contribution in [3.8, 4) is 0 Å². The number of amides is 1. The van der Waals surface area contributed by atoms with Crippen molar-refractivity contribution in [1.29, 1.82) is 0 Å². The first-order chi connectivity index (χ1) is 5.15. The smallest absolute Gasteiger partial charge is 0.214 e. The van der Waals surface area contributed by atoms with E-state index in [2.05, 4.69) is 12.3 Å². The lowest BCUT2D eigenvalue weighted by Gasteiger charge is -1.65. The van der Waals surface area contributed by atoms with Crippen molar-refractivity contribution in [1.82, 2.24) is 0 Å². The maximum Gasteiger partial charge on any atom is 0.214 e. The van der Waals surface area contributed by atoms with E-state index in [-0.39, 0.29) is 5.91 Å². The minimum Gasteiger partial charge on any atom is -0.370 e. The van der Waals surface area contributed by atoms with Crippen LogP contribution in [0.4, 0.5) is 0 Å². The van der Waals surface area contributed by atoms with Crippen molar-refractivity contribution in [2.45, 2.75) is 13.8 Å². The first-order valence-corrected chi connectivity index (χ1v) is 3.31. The van der Waals surface area contributed by atoms with Crippen molar-refractivity contribution in [3.05, 3.63) is 37.0 Å². The Morgan fingerprint density at radius 1 is 1.36 bits per heavy atom. The molecule has 0 unspecified atom stereocenters. The number of nitrogens with two attached hydrogens (primary N) is 1. The van der Waals surface area contributed by atoms with Crippen molar-refractivity contribution in [2.75, 3.05) is 0 Å². The highest BCUT2D eigenvalue weighted by atomic mass is 16.1. The van der Waals surface area contributed by atoms with E-state index >= 15 is 0 Å². The molecule has 0 aromatic heterocycles. The minimum absolute atomic E-state index is 0.333. The first-order valence-electron chi connectivity index (χ1n) is 3.31. The first kappa shape index (κ1) is 12.4. The molecule has 0 aliphatic carbocycles. The Morgan fingerprint density at radius 2 is 1.82 bits per heavy atom. The molecular weight excluding hydrogens is 138 g/mol. The maximum absolute atomic E-state index is 9.22. The highest BCUT2D eigenvalue weighted by Gasteiger charge is 1.61. The summed E-state index contributed by atoms with van der Waals surface area (Å²) in [6.45, 7) is 6.80. The summed E-state index contributed by atoms with van der Waals surface area (Å²) in [5, 5.41) is 0. The molecule has 0 saturated heterocycles. The Balaban J connectivity index is 0. The molecule has 62 valence electrons. The highest BCUT2D eigenvalue weighted by molar-refractivity contribution is 5.70. The van der Waals surface area contributed by atoms with Crippen LogP contribution >= 0.6 is 0 Å². The molecule has 0 fully saturated rings. The summed E-state index contributed by atoms with van der Waals surface area (Å²) in [7, 11) is 0. The predicted molar refractivity (Wildman–Crippen MR) is 49.0 cm³/mol. The third-order valence-corrected chi connectivity index (χ3v) is 0.551. The van der Waals surface area contributed by atoms with Crippen LogP contribution in [0.2, 0.25) is 0 Å². The Labute approximate surface area is 68.1 Å². The molecule has 0 atom stereocenters. The van der Waals surface area contributed by atoms with Crippen molar-refractivity contribution < 1.29 is 4.79 Å². The molecule has 0 radical (unpaired) electrons. The third-order valence-electron chi connectivity index (χ3n) is 0.551. The van der Waals surface area contributed by atoms with Gasteiger partial charge in [0.15, 0.2) is 0 Å². The minimum atomic E-state index is -0.333. The lowest BCUT2D eigenvalue weighted by atomic mass is 10.4. The maximum atomic E-state index is 9.22. The summed E-state index contributed by atoms with van der Waals surface area (Å²) >= 11 is 0. The molecule has 2 heteroatoms. The van der Waals surface area contributed by atoms with Crippen LogP contribution < -0.4 is 5.73 Å². The van der Waals surface area contributed by atoms with E-state index in [9.17, 15) is 4.79 Å². The molecule has 1 amide bonds. The van der Waals surface area contributed by atoms with Crippen LogP contribution in [0.5, 0.6) is 0 Å². The zero-order valence-electron chi connectivity index (χ0n) is 7.08. The summed E-state index contributed by atoms with van der Waals surface area (Å²) < 4.78 is 0. The van der Waals surface area contributed by atoms with Gasteiger partial charge in [-0.1, -0.05) is 37.0 Å². The van der Waals surface area contributed by atoms with E-state index in [1.165, 1.54) is 6.92 Å². The van der Waals surface area contributed by atoms with Crippen LogP contribution in [-0.2, 0) is 4.79 Å². The van der Waals surface area contributed by atoms with Gasteiger partial charge in [0.25, 0.3) is 0 Å². The van der Waals surface area contributed by atoms with Crippen LogP contribution in [0, 0.1) is 0 Å². The van der Waals surface area contributed by atoms with Crippen molar-refractivity contribution in [3.63, 3.8) is 0 Å². The molecule has 2 N–H and O–H groups in total. The van der Waals surface area contributed by atoms with E-state index in [1.54, 1.807) is 6.08 Å². The van der Waals surface area contributed by atoms with Crippen molar-refractivity contribution >= 4 is 5.91 Å². The van der Waals surface area contributed by atoms with Crippen LogP contribution in [0.3, 0.4) is 0 Å². The topological polar surface area (TPSA) is 43.1 Å². The third kappa shape index (κ3) is 53.7. The van der Waals surface area contributed by atoms with Gasteiger partial charge in [-0.05, 0) is 6.92 Å². The standard InChI is InChI=1S/C7H10.C2H5NO/c1-3-5-7-6-4-2;1-2(3)4/h3-7H,1H2,2H3;1H3,(H2,3,4). The van der Waals surface area contributed by atoms with Gasteiger partial charge in [0, 0.05) is 6.92 Å². The zero-order chi connectivity index (χ0) is 9.11. The summed E-state index contributed by atoms with van der Waals surface area (Å²) in [6.07, 6.45) is 9.51. The largest absolute Gasteiger partial charge is 0.370 e. The van der Waals surface area contributed by atoms with Crippen LogP contribution in [0.1, 0.15) is 13.8 Å². The quantitative estimate of drug-likeness (QED) is 0.604. The van der Waals surface area contributed by atoms with E-state index in [4.69, 9.17) is 0 Å². The normalized spacial score (nSPS) is 9.27. The second-order valence-electron chi connectivity index (χ2n) is 1.76. The molecule has 0 spiro atoms. The van der Waals surface area contributed by atoms with Gasteiger partial charge < -0.3 is 5.73 Å². The second-order valence-corrected chi connectivity index (χ2v) is 1.76. The lowest BCUT2D eigenvalue weighted by molar-refractivity contribution is -0.115. The summed E-state index contributed by atoms with van der Waals surface area (Å²) in [4.78, 5) is 9.22. The van der Waals surface area contributed by atoms with Gasteiger partial charge in [0.1, 0.15) is 0 Å². The second kappa shape index (κ2) is 11.5. The molecule has 0 aliphatic rings. The molecular formula is C9H15NO. The molecule has 0 aromatic carbocycles. The molecule has 0 saturated carbocycles. The van der Waals surface area contributed by atoms with Crippen LogP contribution in [0.25, 0.3) is 0 Å². The predicted octanol–water partition coefficient (Wildman–Crippen LogP) is 1.80. The van der Waals surface area contributed by atoms with Crippen molar-refractivity contribution in [2.24, 2.45) is 5.73 Å². The number of primary amides is 1. The zero-order valence-corrected chi connectivity index (χ0v) is 7.08. The van der Waals surface area contributed by atoms with E-state index in [0.717, 1.165) is 0 Å². The molecule has 0 rings (SSSR count). The molecule has 11 heavy (non-hydrogen) atoms. The average molecular weight is 153 g/mol. The number of hydrogen-bond acceptors (Lipinski definition) is 1. The number of carbonyl (C=O) groups excluding carboxylic acids is 1. The number of hydrogen-bond donors (Lipinski definition) is 1. The Morgan fingerprint density at radius 3 is 2.09 bits per heavy atom. The van der Waals surface area contributed by atoms with E-state index in [0.29, 0.717) is 0 Å². The van der Waals surface area contributed by atoms with Gasteiger partial charge in [-0.15, -0.1) is 0 Å². The molecule has 0 heterocycles. The summed E-state index contributed by atoms with van der Waals surface area (Å²) in [6, 6.07) is 0. The monoisotopic (exact) mass is 153 g/mol. The SMILES string of the molecule is C=CC=CC=CC.CC(N)=O. The van der Waals surface area contributed by atoms with Gasteiger partial charge in [-0.3, -0.25) is 4.79 Å². The summed E-state index contributed by atoms with van der Waals surface area (Å²) in [5.41, 5.74) is 4.47. The molecule has 0 aromatic rings.